The molecule has 27 heavy (non-hydrogen) atoms. The molecule has 0 spiro atoms. The molecular formula is C22H24N2O3. The van der Waals surface area contributed by atoms with Crippen LogP contribution in [0.3, 0.4) is 0 Å². The Morgan fingerprint density at radius 2 is 1.74 bits per heavy atom. The highest BCUT2D eigenvalue weighted by atomic mass is 16.5. The third-order valence-electron chi connectivity index (χ3n) is 4.55. The molecule has 5 heteroatoms. The average molecular weight is 364 g/mol. The maximum Gasteiger partial charge on any atom is 0.258 e. The molecule has 2 aromatic carbocycles. The second-order valence-electron chi connectivity index (χ2n) is 7.47. The summed E-state index contributed by atoms with van der Waals surface area (Å²) in [5.74, 6) is 0.344. The normalized spacial score (nSPS) is 11.4. The Morgan fingerprint density at radius 3 is 2.44 bits per heavy atom. The van der Waals surface area contributed by atoms with Crippen LogP contribution >= 0.6 is 0 Å². The van der Waals surface area contributed by atoms with Crippen LogP contribution in [0.25, 0.3) is 10.9 Å². The first kappa shape index (κ1) is 18.7. The lowest BCUT2D eigenvalue weighted by Crippen LogP contribution is -2.46. The van der Waals surface area contributed by atoms with Crippen molar-refractivity contribution in [3.05, 3.63) is 76.1 Å². The van der Waals surface area contributed by atoms with E-state index in [0.29, 0.717) is 16.9 Å². The minimum absolute atomic E-state index is 0.174. The molecular weight excluding hydrogens is 340 g/mol. The van der Waals surface area contributed by atoms with Crippen LogP contribution < -0.4 is 10.3 Å². The van der Waals surface area contributed by atoms with Gasteiger partial charge in [0.25, 0.3) is 11.5 Å². The Kier molecular flexibility index (Phi) is 5.04. The van der Waals surface area contributed by atoms with E-state index in [1.165, 1.54) is 0 Å². The van der Waals surface area contributed by atoms with Gasteiger partial charge in [-0.25, -0.2) is 0 Å². The maximum absolute atomic E-state index is 13.3. The number of para-hydroxylation sites is 2. The third kappa shape index (κ3) is 3.87. The topological polar surface area (TPSA) is 62.4 Å². The molecule has 5 nitrogen and oxygen atoms in total. The van der Waals surface area contributed by atoms with E-state index in [1.54, 1.807) is 30.2 Å². The van der Waals surface area contributed by atoms with Crippen LogP contribution in [0.15, 0.2) is 59.4 Å². The van der Waals surface area contributed by atoms with Crippen LogP contribution in [-0.4, -0.2) is 28.4 Å². The summed E-state index contributed by atoms with van der Waals surface area (Å²) in [5.41, 5.74) is 1.15. The number of pyridine rings is 1. The van der Waals surface area contributed by atoms with Gasteiger partial charge in [-0.15, -0.1) is 0 Å². The number of rotatable bonds is 4. The Hall–Kier alpha value is -3.08. The van der Waals surface area contributed by atoms with Gasteiger partial charge in [0.1, 0.15) is 5.75 Å². The summed E-state index contributed by atoms with van der Waals surface area (Å²) in [5, 5.41) is 0.936. The number of aromatic amines is 1. The predicted molar refractivity (Wildman–Crippen MR) is 107 cm³/mol. The number of ether oxygens (including phenoxy) is 1. The van der Waals surface area contributed by atoms with Gasteiger partial charge in [0.05, 0.1) is 19.2 Å². The molecule has 0 saturated carbocycles. The number of hydrogen-bond donors (Lipinski definition) is 1. The number of nitrogens with one attached hydrogen (secondary N) is 1. The molecule has 0 atom stereocenters. The van der Waals surface area contributed by atoms with Crippen molar-refractivity contribution < 1.29 is 9.53 Å². The van der Waals surface area contributed by atoms with E-state index in [-0.39, 0.29) is 18.0 Å². The fourth-order valence-corrected chi connectivity index (χ4v) is 3.06. The maximum atomic E-state index is 13.3. The third-order valence-corrected chi connectivity index (χ3v) is 4.55. The van der Waals surface area contributed by atoms with Crippen molar-refractivity contribution in [1.82, 2.24) is 9.88 Å². The highest BCUT2D eigenvalue weighted by Crippen LogP contribution is 2.25. The van der Waals surface area contributed by atoms with Crippen molar-refractivity contribution >= 4 is 16.8 Å². The van der Waals surface area contributed by atoms with Gasteiger partial charge >= 0.3 is 0 Å². The standard InChI is InChI=1S/C22H24N2O3/c1-22(2,3)24(21(26)17-10-6-8-12-19(17)27-4)14-16-13-15-9-5-7-11-18(15)23-20(16)25/h5-13H,14H2,1-4H3,(H,23,25). The van der Waals surface area contributed by atoms with Gasteiger partial charge < -0.3 is 14.6 Å². The smallest absolute Gasteiger partial charge is 0.258 e. The fraction of sp³-hybridized carbons (Fsp3) is 0.273. The van der Waals surface area contributed by atoms with E-state index in [9.17, 15) is 9.59 Å². The molecule has 3 aromatic rings. The van der Waals surface area contributed by atoms with Gasteiger partial charge in [0.15, 0.2) is 0 Å². The van der Waals surface area contributed by atoms with E-state index < -0.39 is 5.54 Å². The first-order valence-corrected chi connectivity index (χ1v) is 8.87. The number of carbonyl (C=O) groups is 1. The van der Waals surface area contributed by atoms with E-state index in [2.05, 4.69) is 4.98 Å². The number of methoxy groups -OCH3 is 1. The second-order valence-corrected chi connectivity index (χ2v) is 7.47. The van der Waals surface area contributed by atoms with Crippen LogP contribution in [0, 0.1) is 0 Å². The fourth-order valence-electron chi connectivity index (χ4n) is 3.06. The lowest BCUT2D eigenvalue weighted by atomic mass is 10.0. The first-order chi connectivity index (χ1) is 12.8. The summed E-state index contributed by atoms with van der Waals surface area (Å²) < 4.78 is 5.35. The minimum Gasteiger partial charge on any atom is -0.496 e. The number of benzene rings is 2. The molecule has 0 aliphatic rings. The van der Waals surface area contributed by atoms with E-state index in [0.717, 1.165) is 10.9 Å². The molecule has 3 rings (SSSR count). The van der Waals surface area contributed by atoms with Crippen LogP contribution in [0.5, 0.6) is 5.75 Å². The number of amides is 1. The van der Waals surface area contributed by atoms with Crippen molar-refractivity contribution in [3.8, 4) is 5.75 Å². The van der Waals surface area contributed by atoms with E-state index in [1.807, 2.05) is 57.2 Å². The SMILES string of the molecule is COc1ccccc1C(=O)N(Cc1cc2ccccc2[nH]c1=O)C(C)(C)C. The first-order valence-electron chi connectivity index (χ1n) is 8.87. The molecule has 0 unspecified atom stereocenters. The zero-order valence-electron chi connectivity index (χ0n) is 16.1. The highest BCUT2D eigenvalue weighted by molar-refractivity contribution is 5.97. The molecule has 0 aliphatic heterocycles. The average Bonchev–Trinajstić information content (AvgIpc) is 2.64. The molecule has 0 aliphatic carbocycles. The lowest BCUT2D eigenvalue weighted by molar-refractivity contribution is 0.0554. The Labute approximate surface area is 158 Å². The zero-order chi connectivity index (χ0) is 19.6. The number of hydrogen-bond acceptors (Lipinski definition) is 3. The van der Waals surface area contributed by atoms with E-state index in [4.69, 9.17) is 4.74 Å². The van der Waals surface area contributed by atoms with Crippen molar-refractivity contribution in [3.63, 3.8) is 0 Å². The summed E-state index contributed by atoms with van der Waals surface area (Å²) in [7, 11) is 1.54. The quantitative estimate of drug-likeness (QED) is 0.762. The molecule has 1 N–H and O–H groups in total. The Balaban J connectivity index is 2.03. The second kappa shape index (κ2) is 7.27. The minimum atomic E-state index is -0.476. The van der Waals surface area contributed by atoms with Crippen LogP contribution in [0.2, 0.25) is 0 Å². The van der Waals surface area contributed by atoms with Gasteiger partial charge in [-0.1, -0.05) is 30.3 Å². The van der Waals surface area contributed by atoms with Crippen LogP contribution in [0.4, 0.5) is 0 Å². The monoisotopic (exact) mass is 364 g/mol. The van der Waals surface area contributed by atoms with Crippen molar-refractivity contribution in [1.29, 1.82) is 0 Å². The summed E-state index contributed by atoms with van der Waals surface area (Å²) in [6.45, 7) is 6.07. The molecule has 140 valence electrons. The van der Waals surface area contributed by atoms with Crippen molar-refractivity contribution in [2.75, 3.05) is 7.11 Å². The van der Waals surface area contributed by atoms with Crippen LogP contribution in [-0.2, 0) is 6.54 Å². The van der Waals surface area contributed by atoms with Crippen molar-refractivity contribution in [2.45, 2.75) is 32.9 Å². The van der Waals surface area contributed by atoms with Gasteiger partial charge in [0.2, 0.25) is 0 Å². The molecule has 0 radical (unpaired) electrons. The summed E-state index contributed by atoms with van der Waals surface area (Å²) in [4.78, 5) is 30.4. The van der Waals surface area contributed by atoms with Gasteiger partial charge in [-0.05, 0) is 50.4 Å². The molecule has 0 saturated heterocycles. The summed E-state index contributed by atoms with van der Waals surface area (Å²) >= 11 is 0. The van der Waals surface area contributed by atoms with E-state index >= 15 is 0 Å². The van der Waals surface area contributed by atoms with Crippen molar-refractivity contribution in [2.24, 2.45) is 0 Å². The number of aromatic nitrogens is 1. The van der Waals surface area contributed by atoms with Gasteiger partial charge in [-0.3, -0.25) is 9.59 Å². The van der Waals surface area contributed by atoms with Gasteiger partial charge in [-0.2, -0.15) is 0 Å². The number of carbonyl (C=O) groups excluding carboxylic acids is 1. The highest BCUT2D eigenvalue weighted by Gasteiger charge is 2.29. The lowest BCUT2D eigenvalue weighted by Gasteiger charge is -2.36. The Bertz CT molecular complexity index is 1030. The molecule has 1 amide bonds. The molecule has 1 aromatic heterocycles. The van der Waals surface area contributed by atoms with Gasteiger partial charge in [0, 0.05) is 16.6 Å². The Morgan fingerprint density at radius 1 is 1.07 bits per heavy atom. The molecule has 0 bridgehead atoms. The number of H-pyrrole nitrogens is 1. The predicted octanol–water partition coefficient (Wildman–Crippen LogP) is 3.98. The van der Waals surface area contributed by atoms with Crippen LogP contribution in [0.1, 0.15) is 36.7 Å². The zero-order valence-corrected chi connectivity index (χ0v) is 16.1. The molecule has 0 fully saturated rings. The summed E-state index contributed by atoms with van der Waals surface area (Å²) in [6.07, 6.45) is 0. The largest absolute Gasteiger partial charge is 0.496 e. The number of nitrogens with zero attached hydrogens (tertiary/aromatic N) is 1. The number of fused-ring (bicyclic) bond motifs is 1. The molecule has 1 heterocycles. The summed E-state index contributed by atoms with van der Waals surface area (Å²) in [6, 6.07) is 16.6.